The molecule has 0 bridgehead atoms. The molecule has 1 aromatic carbocycles. The van der Waals surface area contributed by atoms with Crippen LogP contribution in [0.5, 0.6) is 0 Å². The third-order valence-corrected chi connectivity index (χ3v) is 4.98. The minimum atomic E-state index is 0.0693. The van der Waals surface area contributed by atoms with Gasteiger partial charge in [-0.05, 0) is 37.0 Å². The molecular formula is C21H28N2O3. The number of hydrogen-bond donors (Lipinski definition) is 1. The smallest absolute Gasteiger partial charge is 0.223 e. The van der Waals surface area contributed by atoms with Gasteiger partial charge in [0.2, 0.25) is 5.91 Å². The number of aryl methyl sites for hydroxylation is 1. The van der Waals surface area contributed by atoms with Gasteiger partial charge in [-0.15, -0.1) is 0 Å². The molecule has 1 aromatic heterocycles. The summed E-state index contributed by atoms with van der Waals surface area (Å²) in [7, 11) is 1.68. The number of nitrogens with one attached hydrogen (secondary N) is 1. The molecule has 0 aliphatic carbocycles. The van der Waals surface area contributed by atoms with Crippen molar-refractivity contribution in [1.29, 1.82) is 0 Å². The molecule has 5 nitrogen and oxygen atoms in total. The lowest BCUT2D eigenvalue weighted by Crippen LogP contribution is -2.42. The Balaban J connectivity index is 1.64. The number of nitrogens with zero attached hydrogens (tertiary/aromatic N) is 1. The van der Waals surface area contributed by atoms with Crippen molar-refractivity contribution in [2.75, 3.05) is 26.9 Å². The van der Waals surface area contributed by atoms with E-state index in [0.717, 1.165) is 31.5 Å². The molecule has 1 saturated heterocycles. The second-order valence-electron chi connectivity index (χ2n) is 6.73. The summed E-state index contributed by atoms with van der Waals surface area (Å²) in [5.74, 6) is 0.207. The zero-order valence-corrected chi connectivity index (χ0v) is 15.4. The van der Waals surface area contributed by atoms with Crippen molar-refractivity contribution in [3.8, 4) is 0 Å². The lowest BCUT2D eigenvalue weighted by atomic mass is 10.0. The summed E-state index contributed by atoms with van der Waals surface area (Å²) in [5, 5.41) is 0. The highest BCUT2D eigenvalue weighted by atomic mass is 16.5. The van der Waals surface area contributed by atoms with E-state index in [2.05, 4.69) is 17.1 Å². The van der Waals surface area contributed by atoms with Gasteiger partial charge in [-0.25, -0.2) is 0 Å². The van der Waals surface area contributed by atoms with Crippen LogP contribution in [0.15, 0.2) is 48.7 Å². The van der Waals surface area contributed by atoms with Gasteiger partial charge in [0.25, 0.3) is 0 Å². The van der Waals surface area contributed by atoms with Crippen LogP contribution in [0.25, 0.3) is 0 Å². The van der Waals surface area contributed by atoms with E-state index >= 15 is 0 Å². The van der Waals surface area contributed by atoms with E-state index < -0.39 is 0 Å². The second kappa shape index (κ2) is 9.55. The predicted molar refractivity (Wildman–Crippen MR) is 101 cm³/mol. The third kappa shape index (κ3) is 4.96. The van der Waals surface area contributed by atoms with Crippen LogP contribution in [0.4, 0.5) is 0 Å². The van der Waals surface area contributed by atoms with E-state index in [4.69, 9.17) is 9.47 Å². The lowest BCUT2D eigenvalue weighted by Gasteiger charge is -2.28. The number of hydrogen-bond acceptors (Lipinski definition) is 3. The maximum atomic E-state index is 12.8. The summed E-state index contributed by atoms with van der Waals surface area (Å²) in [6, 6.07) is 14.4. The largest absolute Gasteiger partial charge is 0.382 e. The fourth-order valence-corrected chi connectivity index (χ4v) is 3.62. The summed E-state index contributed by atoms with van der Waals surface area (Å²) >= 11 is 0. The monoisotopic (exact) mass is 356 g/mol. The van der Waals surface area contributed by atoms with Crippen molar-refractivity contribution in [3.63, 3.8) is 0 Å². The van der Waals surface area contributed by atoms with Gasteiger partial charge in [0.15, 0.2) is 0 Å². The van der Waals surface area contributed by atoms with Crippen LogP contribution < -0.4 is 0 Å². The second-order valence-corrected chi connectivity index (χ2v) is 6.73. The first-order valence-corrected chi connectivity index (χ1v) is 9.34. The Kier molecular flexibility index (Phi) is 6.86. The quantitative estimate of drug-likeness (QED) is 0.703. The van der Waals surface area contributed by atoms with E-state index in [0.29, 0.717) is 19.6 Å². The van der Waals surface area contributed by atoms with E-state index in [-0.39, 0.29) is 18.1 Å². The number of aromatic amines is 1. The molecule has 5 heteroatoms. The van der Waals surface area contributed by atoms with Crippen LogP contribution in [-0.4, -0.2) is 54.8 Å². The number of aromatic nitrogens is 1. The average molecular weight is 356 g/mol. The Labute approximate surface area is 155 Å². The van der Waals surface area contributed by atoms with Gasteiger partial charge >= 0.3 is 0 Å². The third-order valence-electron chi connectivity index (χ3n) is 4.98. The molecule has 1 N–H and O–H groups in total. The van der Waals surface area contributed by atoms with E-state index in [1.807, 2.05) is 41.4 Å². The van der Waals surface area contributed by atoms with Crippen LogP contribution in [-0.2, 0) is 27.1 Å². The number of amides is 1. The Morgan fingerprint density at radius 2 is 2.04 bits per heavy atom. The van der Waals surface area contributed by atoms with E-state index in [1.54, 1.807) is 7.11 Å². The normalized spacial score (nSPS) is 19.8. The number of carbonyl (C=O) groups is 1. The number of likely N-dealkylation sites (tertiary alicyclic amines) is 1. The van der Waals surface area contributed by atoms with Gasteiger partial charge in [-0.3, -0.25) is 4.79 Å². The van der Waals surface area contributed by atoms with Crippen LogP contribution in [0.2, 0.25) is 0 Å². The fourth-order valence-electron chi connectivity index (χ4n) is 3.62. The molecular weight excluding hydrogens is 328 g/mol. The minimum absolute atomic E-state index is 0.0693. The first-order chi connectivity index (χ1) is 12.8. The maximum absolute atomic E-state index is 12.8. The van der Waals surface area contributed by atoms with Crippen molar-refractivity contribution >= 4 is 5.91 Å². The highest BCUT2D eigenvalue weighted by Crippen LogP contribution is 2.25. The number of rotatable bonds is 9. The topological polar surface area (TPSA) is 54.6 Å². The molecule has 1 aliphatic rings. The summed E-state index contributed by atoms with van der Waals surface area (Å²) in [6.07, 6.45) is 4.95. The maximum Gasteiger partial charge on any atom is 0.223 e. The summed E-state index contributed by atoms with van der Waals surface area (Å²) in [6.45, 7) is 1.91. The van der Waals surface area contributed by atoms with Crippen LogP contribution in [0.3, 0.4) is 0 Å². The number of benzene rings is 1. The molecule has 2 aromatic rings. The summed E-state index contributed by atoms with van der Waals surface area (Å²) in [4.78, 5) is 18.0. The zero-order chi connectivity index (χ0) is 18.2. The molecule has 1 amide bonds. The van der Waals surface area contributed by atoms with Crippen molar-refractivity contribution < 1.29 is 14.3 Å². The molecule has 1 aliphatic heterocycles. The minimum Gasteiger partial charge on any atom is -0.382 e. The lowest BCUT2D eigenvalue weighted by molar-refractivity contribution is -0.133. The Bertz CT molecular complexity index is 657. The number of carbonyl (C=O) groups excluding carboxylic acids is 1. The Morgan fingerprint density at radius 3 is 2.77 bits per heavy atom. The summed E-state index contributed by atoms with van der Waals surface area (Å²) in [5.41, 5.74) is 2.34. The standard InChI is InChI=1S/C21H28N2O3/c1-25-14-15-26-20-11-13-23(19(20)16-17-6-3-2-4-7-17)21(24)10-9-18-8-5-12-22-18/h2-8,12,19-20,22H,9-11,13-16H2,1H3/t19-,20+/m0/s1. The van der Waals surface area contributed by atoms with Crippen molar-refractivity contribution in [3.05, 3.63) is 59.9 Å². The summed E-state index contributed by atoms with van der Waals surface area (Å²) < 4.78 is 11.1. The molecule has 3 rings (SSSR count). The van der Waals surface area contributed by atoms with Crippen LogP contribution in [0.1, 0.15) is 24.1 Å². The van der Waals surface area contributed by atoms with Gasteiger partial charge < -0.3 is 19.4 Å². The average Bonchev–Trinajstić information content (AvgIpc) is 3.31. The molecule has 2 heterocycles. The molecule has 0 unspecified atom stereocenters. The highest BCUT2D eigenvalue weighted by Gasteiger charge is 2.37. The SMILES string of the molecule is COCCO[C@@H]1CCN(C(=O)CCc2ccc[nH]2)[C@H]1Cc1ccccc1. The number of methoxy groups -OCH3 is 1. The fraction of sp³-hybridized carbons (Fsp3) is 0.476. The van der Waals surface area contributed by atoms with Gasteiger partial charge in [-0.1, -0.05) is 30.3 Å². The Morgan fingerprint density at radius 1 is 1.19 bits per heavy atom. The van der Waals surface area contributed by atoms with Crippen LogP contribution in [0, 0.1) is 0 Å². The molecule has 0 spiro atoms. The highest BCUT2D eigenvalue weighted by molar-refractivity contribution is 5.77. The van der Waals surface area contributed by atoms with Crippen molar-refractivity contribution in [2.45, 2.75) is 37.8 Å². The number of H-pyrrole nitrogens is 1. The Hall–Kier alpha value is -2.11. The zero-order valence-electron chi connectivity index (χ0n) is 15.4. The molecule has 26 heavy (non-hydrogen) atoms. The first-order valence-electron chi connectivity index (χ1n) is 9.34. The predicted octanol–water partition coefficient (Wildman–Crippen LogP) is 2.82. The van der Waals surface area contributed by atoms with Gasteiger partial charge in [0.1, 0.15) is 0 Å². The number of ether oxygens (including phenoxy) is 2. The first kappa shape index (κ1) is 18.7. The van der Waals surface area contributed by atoms with Gasteiger partial charge in [0, 0.05) is 32.0 Å². The van der Waals surface area contributed by atoms with Gasteiger partial charge in [-0.2, -0.15) is 0 Å². The van der Waals surface area contributed by atoms with Crippen molar-refractivity contribution in [2.24, 2.45) is 0 Å². The molecule has 0 saturated carbocycles. The van der Waals surface area contributed by atoms with E-state index in [9.17, 15) is 4.79 Å². The molecule has 2 atom stereocenters. The van der Waals surface area contributed by atoms with Crippen molar-refractivity contribution in [1.82, 2.24) is 9.88 Å². The molecule has 1 fully saturated rings. The van der Waals surface area contributed by atoms with Crippen LogP contribution >= 0.6 is 0 Å². The van der Waals surface area contributed by atoms with E-state index in [1.165, 1.54) is 5.56 Å². The molecule has 0 radical (unpaired) electrons. The molecule has 140 valence electrons. The van der Waals surface area contributed by atoms with Gasteiger partial charge in [0.05, 0.1) is 25.4 Å².